The summed E-state index contributed by atoms with van der Waals surface area (Å²) >= 11 is 0.906. The molecule has 1 saturated carbocycles. The molecule has 0 aromatic carbocycles. The van der Waals surface area contributed by atoms with Crippen LogP contribution in [0.1, 0.15) is 40.0 Å². The number of thioether (sulfide) groups is 1. The molecular weight excluding hydrogens is 259 g/mol. The minimum atomic E-state index is -4.13. The minimum Gasteiger partial charge on any atom is -0.284 e. The molecule has 0 aromatic rings. The van der Waals surface area contributed by atoms with E-state index in [0.29, 0.717) is 19.0 Å². The SMILES string of the molecule is CS[C@@H](N(CCC(C)(C)C)CC1CC1)C(F)(F)F. The van der Waals surface area contributed by atoms with Crippen LogP contribution in [0.2, 0.25) is 0 Å². The van der Waals surface area contributed by atoms with Gasteiger partial charge in [0.2, 0.25) is 0 Å². The van der Waals surface area contributed by atoms with Gasteiger partial charge in [0, 0.05) is 13.1 Å². The van der Waals surface area contributed by atoms with Crippen LogP contribution < -0.4 is 0 Å². The zero-order valence-corrected chi connectivity index (χ0v) is 12.5. The fourth-order valence-electron chi connectivity index (χ4n) is 1.91. The maximum atomic E-state index is 13.0. The lowest BCUT2D eigenvalue weighted by atomic mass is 9.92. The van der Waals surface area contributed by atoms with Crippen molar-refractivity contribution in [3.05, 3.63) is 0 Å². The molecule has 0 unspecified atom stereocenters. The summed E-state index contributed by atoms with van der Waals surface area (Å²) < 4.78 is 39.0. The Morgan fingerprint density at radius 3 is 2.11 bits per heavy atom. The summed E-state index contributed by atoms with van der Waals surface area (Å²) in [6.07, 6.45) is 0.393. The molecule has 1 rings (SSSR count). The normalized spacial score (nSPS) is 19.3. The Hall–Kier alpha value is 0.100. The summed E-state index contributed by atoms with van der Waals surface area (Å²) in [6.45, 7) is 7.35. The molecule has 0 N–H and O–H groups in total. The molecule has 5 heteroatoms. The van der Waals surface area contributed by atoms with Crippen LogP contribution in [-0.2, 0) is 0 Å². The third kappa shape index (κ3) is 5.83. The molecule has 1 nitrogen and oxygen atoms in total. The number of hydrogen-bond acceptors (Lipinski definition) is 2. The van der Waals surface area contributed by atoms with Gasteiger partial charge in [0.1, 0.15) is 0 Å². The zero-order valence-electron chi connectivity index (χ0n) is 11.7. The van der Waals surface area contributed by atoms with Crippen LogP contribution in [-0.4, -0.2) is 35.8 Å². The average molecular weight is 283 g/mol. The van der Waals surface area contributed by atoms with Gasteiger partial charge in [0.15, 0.2) is 5.37 Å². The third-order valence-electron chi connectivity index (χ3n) is 3.17. The van der Waals surface area contributed by atoms with E-state index in [2.05, 4.69) is 20.8 Å². The molecule has 1 aliphatic carbocycles. The largest absolute Gasteiger partial charge is 0.413 e. The van der Waals surface area contributed by atoms with Gasteiger partial charge in [-0.25, -0.2) is 0 Å². The second kappa shape index (κ2) is 6.04. The number of rotatable bonds is 6. The van der Waals surface area contributed by atoms with Gasteiger partial charge in [-0.15, -0.1) is 11.8 Å². The number of alkyl halides is 3. The predicted molar refractivity (Wildman–Crippen MR) is 71.7 cm³/mol. The fraction of sp³-hybridized carbons (Fsp3) is 1.00. The van der Waals surface area contributed by atoms with Crippen LogP contribution in [0.15, 0.2) is 0 Å². The average Bonchev–Trinajstić information content (AvgIpc) is 2.95. The molecule has 1 fully saturated rings. The first-order valence-corrected chi connectivity index (χ1v) is 7.76. The van der Waals surface area contributed by atoms with Gasteiger partial charge in [-0.05, 0) is 36.9 Å². The highest BCUT2D eigenvalue weighted by Gasteiger charge is 2.44. The van der Waals surface area contributed by atoms with Gasteiger partial charge in [-0.3, -0.25) is 4.90 Å². The molecule has 0 saturated heterocycles. The van der Waals surface area contributed by atoms with Crippen molar-refractivity contribution in [1.82, 2.24) is 4.90 Å². The predicted octanol–water partition coefficient (Wildman–Crippen LogP) is 4.39. The Morgan fingerprint density at radius 1 is 1.22 bits per heavy atom. The summed E-state index contributed by atoms with van der Waals surface area (Å²) in [6, 6.07) is 0. The second-order valence-corrected chi connectivity index (χ2v) is 7.30. The molecule has 0 bridgehead atoms. The van der Waals surface area contributed by atoms with E-state index in [1.165, 1.54) is 0 Å². The van der Waals surface area contributed by atoms with E-state index >= 15 is 0 Å². The van der Waals surface area contributed by atoms with Crippen LogP contribution >= 0.6 is 11.8 Å². The van der Waals surface area contributed by atoms with Crippen LogP contribution in [0.25, 0.3) is 0 Å². The first-order valence-electron chi connectivity index (χ1n) is 6.47. The van der Waals surface area contributed by atoms with Gasteiger partial charge >= 0.3 is 6.18 Å². The van der Waals surface area contributed by atoms with E-state index in [0.717, 1.165) is 31.0 Å². The van der Waals surface area contributed by atoms with E-state index < -0.39 is 11.6 Å². The Kier molecular flexibility index (Phi) is 5.42. The molecule has 0 heterocycles. The van der Waals surface area contributed by atoms with Crippen molar-refractivity contribution in [2.75, 3.05) is 19.3 Å². The quantitative estimate of drug-likeness (QED) is 0.665. The maximum Gasteiger partial charge on any atom is 0.413 e. The molecule has 1 atom stereocenters. The van der Waals surface area contributed by atoms with E-state index in [-0.39, 0.29) is 5.41 Å². The highest BCUT2D eigenvalue weighted by molar-refractivity contribution is 7.99. The summed E-state index contributed by atoms with van der Waals surface area (Å²) in [5.74, 6) is 0.488. The highest BCUT2D eigenvalue weighted by atomic mass is 32.2. The third-order valence-corrected chi connectivity index (χ3v) is 4.19. The minimum absolute atomic E-state index is 0.0797. The van der Waals surface area contributed by atoms with Gasteiger partial charge in [0.05, 0.1) is 0 Å². The van der Waals surface area contributed by atoms with Crippen molar-refractivity contribution >= 4 is 11.8 Å². The molecule has 108 valence electrons. The van der Waals surface area contributed by atoms with Crippen LogP contribution in [0, 0.1) is 11.3 Å². The van der Waals surface area contributed by atoms with Gasteiger partial charge in [-0.1, -0.05) is 20.8 Å². The zero-order chi connectivity index (χ0) is 14.0. The number of nitrogens with zero attached hydrogens (tertiary/aromatic N) is 1. The van der Waals surface area contributed by atoms with Crippen molar-refractivity contribution in [3.63, 3.8) is 0 Å². The van der Waals surface area contributed by atoms with Crippen LogP contribution in [0.5, 0.6) is 0 Å². The lowest BCUT2D eigenvalue weighted by molar-refractivity contribution is -0.158. The number of hydrogen-bond donors (Lipinski definition) is 0. The Balaban J connectivity index is 2.63. The molecule has 0 aromatic heterocycles. The molecule has 0 radical (unpaired) electrons. The summed E-state index contributed by atoms with van der Waals surface area (Å²) in [5.41, 5.74) is 0.0797. The summed E-state index contributed by atoms with van der Waals surface area (Å²) in [7, 11) is 0. The van der Waals surface area contributed by atoms with Crippen LogP contribution in [0.3, 0.4) is 0 Å². The Labute approximate surface area is 112 Å². The molecule has 1 aliphatic rings. The van der Waals surface area contributed by atoms with Crippen molar-refractivity contribution in [2.24, 2.45) is 11.3 Å². The first kappa shape index (κ1) is 16.2. The van der Waals surface area contributed by atoms with E-state index in [1.807, 2.05) is 0 Å². The molecule has 0 amide bonds. The Morgan fingerprint density at radius 2 is 1.78 bits per heavy atom. The van der Waals surface area contributed by atoms with Crippen molar-refractivity contribution in [2.45, 2.75) is 51.6 Å². The molecule has 0 spiro atoms. The van der Waals surface area contributed by atoms with Gasteiger partial charge in [0.25, 0.3) is 0 Å². The van der Waals surface area contributed by atoms with Crippen LogP contribution in [0.4, 0.5) is 13.2 Å². The topological polar surface area (TPSA) is 3.24 Å². The fourth-order valence-corrected chi connectivity index (χ4v) is 2.66. The number of halogens is 3. The lowest BCUT2D eigenvalue weighted by Crippen LogP contribution is -2.45. The monoisotopic (exact) mass is 283 g/mol. The highest BCUT2D eigenvalue weighted by Crippen LogP contribution is 2.37. The lowest BCUT2D eigenvalue weighted by Gasteiger charge is -2.34. The standard InChI is InChI=1S/C13H24F3NS/c1-12(2,3)7-8-17(9-10-5-6-10)11(18-4)13(14,15)16/h10-11H,5-9H2,1-4H3/t11-/m1/s1. The molecule has 18 heavy (non-hydrogen) atoms. The molecular formula is C13H24F3NS. The first-order chi connectivity index (χ1) is 8.13. The van der Waals surface area contributed by atoms with Gasteiger partial charge in [-0.2, -0.15) is 13.2 Å². The van der Waals surface area contributed by atoms with E-state index in [4.69, 9.17) is 0 Å². The van der Waals surface area contributed by atoms with Crippen molar-refractivity contribution < 1.29 is 13.2 Å². The van der Waals surface area contributed by atoms with E-state index in [9.17, 15) is 13.2 Å². The van der Waals surface area contributed by atoms with Crippen molar-refractivity contribution in [1.29, 1.82) is 0 Å². The smallest absolute Gasteiger partial charge is 0.284 e. The molecule has 0 aliphatic heterocycles. The van der Waals surface area contributed by atoms with Crippen molar-refractivity contribution in [3.8, 4) is 0 Å². The summed E-state index contributed by atoms with van der Waals surface area (Å²) in [5, 5.41) is -1.35. The van der Waals surface area contributed by atoms with Gasteiger partial charge < -0.3 is 0 Å². The Bertz CT molecular complexity index is 256. The second-order valence-electron chi connectivity index (χ2n) is 6.38. The summed E-state index contributed by atoms with van der Waals surface area (Å²) in [4.78, 5) is 1.63. The van der Waals surface area contributed by atoms with E-state index in [1.54, 1.807) is 11.2 Å². The maximum absolute atomic E-state index is 13.0.